The van der Waals surface area contributed by atoms with Crippen molar-refractivity contribution < 1.29 is 4.79 Å². The molecule has 2 aromatic rings. The van der Waals surface area contributed by atoms with Gasteiger partial charge in [0, 0.05) is 18.7 Å². The number of carbonyl (C=O) groups excluding carboxylic acids is 1. The van der Waals surface area contributed by atoms with Crippen LogP contribution in [0.1, 0.15) is 37.7 Å². The summed E-state index contributed by atoms with van der Waals surface area (Å²) in [6.45, 7) is 0. The van der Waals surface area contributed by atoms with Gasteiger partial charge in [-0.15, -0.1) is 0 Å². The van der Waals surface area contributed by atoms with Crippen LogP contribution < -0.4 is 5.32 Å². The van der Waals surface area contributed by atoms with E-state index in [9.17, 15) is 4.79 Å². The molecule has 1 aliphatic carbocycles. The summed E-state index contributed by atoms with van der Waals surface area (Å²) in [5.74, 6) is 1.18. The van der Waals surface area contributed by atoms with Gasteiger partial charge in [-0.3, -0.25) is 9.48 Å². The third-order valence-electron chi connectivity index (χ3n) is 4.34. The molecule has 1 aromatic heterocycles. The van der Waals surface area contributed by atoms with Crippen molar-refractivity contribution in [3.8, 4) is 0 Å². The number of nitrogens with one attached hydrogen (secondary N) is 1. The Bertz CT molecular complexity index is 648. The number of anilines is 1. The Hall–Kier alpha value is -1.75. The van der Waals surface area contributed by atoms with Crippen LogP contribution in [0.5, 0.6) is 0 Å². The molecule has 23 heavy (non-hydrogen) atoms. The molecular weight excluding hydrogens is 306 g/mol. The van der Waals surface area contributed by atoms with Crippen molar-refractivity contribution in [2.24, 2.45) is 13.0 Å². The van der Waals surface area contributed by atoms with Crippen LogP contribution in [-0.4, -0.2) is 15.7 Å². The van der Waals surface area contributed by atoms with Crippen molar-refractivity contribution in [3.63, 3.8) is 0 Å². The van der Waals surface area contributed by atoms with Gasteiger partial charge in [0.15, 0.2) is 0 Å². The zero-order chi connectivity index (χ0) is 16.1. The van der Waals surface area contributed by atoms with Gasteiger partial charge in [-0.1, -0.05) is 61.4 Å². The van der Waals surface area contributed by atoms with E-state index in [-0.39, 0.29) is 11.8 Å². The summed E-state index contributed by atoms with van der Waals surface area (Å²) in [7, 11) is 1.92. The SMILES string of the molecule is Cn1ncc(NC(=O)C2CCCCC2)c1SCc1ccccc1. The lowest BCUT2D eigenvalue weighted by molar-refractivity contribution is -0.120. The zero-order valence-electron chi connectivity index (χ0n) is 13.5. The van der Waals surface area contributed by atoms with E-state index in [1.165, 1.54) is 24.8 Å². The third-order valence-corrected chi connectivity index (χ3v) is 5.57. The Kier molecular flexibility index (Phi) is 5.39. The first-order valence-corrected chi connectivity index (χ1v) is 9.22. The average Bonchev–Trinajstić information content (AvgIpc) is 2.94. The summed E-state index contributed by atoms with van der Waals surface area (Å²) in [5, 5.41) is 8.41. The molecule has 1 amide bonds. The van der Waals surface area contributed by atoms with E-state index in [1.807, 2.05) is 29.9 Å². The number of thioether (sulfide) groups is 1. The lowest BCUT2D eigenvalue weighted by Crippen LogP contribution is -2.24. The van der Waals surface area contributed by atoms with Gasteiger partial charge in [-0.05, 0) is 18.4 Å². The topological polar surface area (TPSA) is 46.9 Å². The number of hydrogen-bond acceptors (Lipinski definition) is 3. The van der Waals surface area contributed by atoms with E-state index in [1.54, 1.807) is 18.0 Å². The van der Waals surface area contributed by atoms with Crippen LogP contribution in [-0.2, 0) is 17.6 Å². The van der Waals surface area contributed by atoms with Gasteiger partial charge in [0.2, 0.25) is 5.91 Å². The molecule has 4 nitrogen and oxygen atoms in total. The zero-order valence-corrected chi connectivity index (χ0v) is 14.3. The maximum Gasteiger partial charge on any atom is 0.227 e. The second kappa shape index (κ2) is 7.68. The molecular formula is C18H23N3OS. The van der Waals surface area contributed by atoms with Crippen LogP contribution in [0.2, 0.25) is 0 Å². The van der Waals surface area contributed by atoms with Gasteiger partial charge in [-0.2, -0.15) is 5.10 Å². The second-order valence-electron chi connectivity index (χ2n) is 6.09. The molecule has 0 bridgehead atoms. The normalized spacial score (nSPS) is 15.5. The van der Waals surface area contributed by atoms with E-state index in [0.29, 0.717) is 0 Å². The number of nitrogens with zero attached hydrogens (tertiary/aromatic N) is 2. The molecule has 1 N–H and O–H groups in total. The number of amides is 1. The van der Waals surface area contributed by atoms with Gasteiger partial charge in [0.1, 0.15) is 5.03 Å². The van der Waals surface area contributed by atoms with Crippen LogP contribution in [0.4, 0.5) is 5.69 Å². The van der Waals surface area contributed by atoms with Gasteiger partial charge in [-0.25, -0.2) is 0 Å². The Morgan fingerprint density at radius 2 is 2.00 bits per heavy atom. The average molecular weight is 329 g/mol. The molecule has 0 aliphatic heterocycles. The van der Waals surface area contributed by atoms with Crippen molar-refractivity contribution in [2.75, 3.05) is 5.32 Å². The third kappa shape index (κ3) is 4.16. The predicted octanol–water partition coefficient (Wildman–Crippen LogP) is 4.23. The summed E-state index contributed by atoms with van der Waals surface area (Å²) < 4.78 is 1.84. The highest BCUT2D eigenvalue weighted by atomic mass is 32.2. The second-order valence-corrected chi connectivity index (χ2v) is 7.05. The monoisotopic (exact) mass is 329 g/mol. The molecule has 3 rings (SSSR count). The first-order chi connectivity index (χ1) is 11.2. The van der Waals surface area contributed by atoms with E-state index in [0.717, 1.165) is 29.3 Å². The van der Waals surface area contributed by atoms with Crippen molar-refractivity contribution in [1.82, 2.24) is 9.78 Å². The standard InChI is InChI=1S/C18H23N3OS/c1-21-18(23-13-14-8-4-2-5-9-14)16(12-19-21)20-17(22)15-10-6-3-7-11-15/h2,4-5,8-9,12,15H,3,6-7,10-11,13H2,1H3,(H,20,22). The smallest absolute Gasteiger partial charge is 0.227 e. The number of benzene rings is 1. The quantitative estimate of drug-likeness (QED) is 0.835. The molecule has 0 unspecified atom stereocenters. The van der Waals surface area contributed by atoms with E-state index < -0.39 is 0 Å². The van der Waals surface area contributed by atoms with Crippen LogP contribution in [0.15, 0.2) is 41.6 Å². The molecule has 1 fully saturated rings. The highest BCUT2D eigenvalue weighted by molar-refractivity contribution is 7.98. The first-order valence-electron chi connectivity index (χ1n) is 8.23. The van der Waals surface area contributed by atoms with Gasteiger partial charge < -0.3 is 5.32 Å². The summed E-state index contributed by atoms with van der Waals surface area (Å²) in [4.78, 5) is 12.4. The Balaban J connectivity index is 1.65. The fourth-order valence-electron chi connectivity index (χ4n) is 3.01. The Morgan fingerprint density at radius 1 is 1.26 bits per heavy atom. The van der Waals surface area contributed by atoms with E-state index >= 15 is 0 Å². The van der Waals surface area contributed by atoms with Gasteiger partial charge in [0.05, 0.1) is 11.9 Å². The number of carbonyl (C=O) groups is 1. The highest BCUT2D eigenvalue weighted by Gasteiger charge is 2.22. The molecule has 1 saturated carbocycles. The first kappa shape index (κ1) is 16.1. The van der Waals surface area contributed by atoms with E-state index in [4.69, 9.17) is 0 Å². The van der Waals surface area contributed by atoms with Crippen LogP contribution in [0.3, 0.4) is 0 Å². The molecule has 5 heteroatoms. The molecule has 1 aliphatic rings. The van der Waals surface area contributed by atoms with Crippen molar-refractivity contribution >= 4 is 23.4 Å². The molecule has 1 aromatic carbocycles. The summed E-state index contributed by atoms with van der Waals surface area (Å²) in [5.41, 5.74) is 2.10. The number of aryl methyl sites for hydroxylation is 1. The largest absolute Gasteiger partial charge is 0.322 e. The molecule has 0 saturated heterocycles. The maximum absolute atomic E-state index is 12.4. The lowest BCUT2D eigenvalue weighted by atomic mass is 9.89. The molecule has 0 atom stereocenters. The fraction of sp³-hybridized carbons (Fsp3) is 0.444. The molecule has 0 spiro atoms. The summed E-state index contributed by atoms with van der Waals surface area (Å²) in [6, 6.07) is 10.3. The summed E-state index contributed by atoms with van der Waals surface area (Å²) in [6.07, 6.45) is 7.38. The van der Waals surface area contributed by atoms with Gasteiger partial charge in [0.25, 0.3) is 0 Å². The number of hydrogen-bond donors (Lipinski definition) is 1. The van der Waals surface area contributed by atoms with Crippen LogP contribution in [0.25, 0.3) is 0 Å². The van der Waals surface area contributed by atoms with Crippen LogP contribution >= 0.6 is 11.8 Å². The Morgan fingerprint density at radius 3 is 2.74 bits per heavy atom. The molecule has 0 radical (unpaired) electrons. The highest BCUT2D eigenvalue weighted by Crippen LogP contribution is 2.31. The fourth-order valence-corrected chi connectivity index (χ4v) is 4.00. The number of rotatable bonds is 5. The minimum atomic E-state index is 0.152. The molecule has 1 heterocycles. The minimum absolute atomic E-state index is 0.152. The number of aromatic nitrogens is 2. The summed E-state index contributed by atoms with van der Waals surface area (Å²) >= 11 is 1.71. The van der Waals surface area contributed by atoms with E-state index in [2.05, 4.69) is 22.5 Å². The lowest BCUT2D eigenvalue weighted by Gasteiger charge is -2.20. The predicted molar refractivity (Wildman–Crippen MR) is 94.4 cm³/mol. The Labute approximate surface area is 141 Å². The van der Waals surface area contributed by atoms with Crippen molar-refractivity contribution in [2.45, 2.75) is 42.9 Å². The van der Waals surface area contributed by atoms with Crippen molar-refractivity contribution in [1.29, 1.82) is 0 Å². The maximum atomic E-state index is 12.4. The van der Waals surface area contributed by atoms with Crippen molar-refractivity contribution in [3.05, 3.63) is 42.1 Å². The van der Waals surface area contributed by atoms with Crippen LogP contribution in [0, 0.1) is 5.92 Å². The van der Waals surface area contributed by atoms with Gasteiger partial charge >= 0.3 is 0 Å². The molecule has 122 valence electrons. The minimum Gasteiger partial charge on any atom is -0.322 e.